The Balaban J connectivity index is 2.33. The van der Waals surface area contributed by atoms with Crippen LogP contribution >= 0.6 is 11.8 Å². The van der Waals surface area contributed by atoms with Crippen LogP contribution < -0.4 is 10.6 Å². The number of anilines is 1. The highest BCUT2D eigenvalue weighted by molar-refractivity contribution is 7.99. The molecule has 0 bridgehead atoms. The normalized spacial score (nSPS) is 23.2. The fraction of sp³-hybridized carbons (Fsp3) is 0.533. The molecule has 3 nitrogen and oxygen atoms in total. The van der Waals surface area contributed by atoms with E-state index in [1.807, 2.05) is 18.2 Å². The van der Waals surface area contributed by atoms with Crippen LogP contribution in [0.4, 0.5) is 5.69 Å². The number of benzene rings is 1. The van der Waals surface area contributed by atoms with Gasteiger partial charge in [-0.15, -0.1) is 11.8 Å². The first-order chi connectivity index (χ1) is 9.15. The standard InChI is InChI=1S/C15H21N3S/c1-3-19-15-6-4-5-14(13(15)8-16)18-9-11(2)7-12(17)10-18/h4-6,11-12H,3,7,9-10,17H2,1-2H3. The lowest BCUT2D eigenvalue weighted by Crippen LogP contribution is -2.46. The second-order valence-electron chi connectivity index (χ2n) is 5.20. The van der Waals surface area contributed by atoms with E-state index in [2.05, 4.69) is 24.8 Å². The lowest BCUT2D eigenvalue weighted by atomic mass is 9.95. The monoisotopic (exact) mass is 275 g/mol. The SMILES string of the molecule is CCSc1cccc(N2CC(C)CC(N)C2)c1C#N. The summed E-state index contributed by atoms with van der Waals surface area (Å²) in [6.45, 7) is 6.17. The number of rotatable bonds is 3. The maximum atomic E-state index is 9.47. The molecule has 2 unspecified atom stereocenters. The second-order valence-corrected chi connectivity index (χ2v) is 6.51. The minimum Gasteiger partial charge on any atom is -0.369 e. The molecule has 2 atom stereocenters. The van der Waals surface area contributed by atoms with Crippen molar-refractivity contribution in [1.82, 2.24) is 0 Å². The van der Waals surface area contributed by atoms with Gasteiger partial charge < -0.3 is 10.6 Å². The van der Waals surface area contributed by atoms with Crippen LogP contribution in [0, 0.1) is 17.2 Å². The van der Waals surface area contributed by atoms with Gasteiger partial charge in [0.15, 0.2) is 0 Å². The van der Waals surface area contributed by atoms with E-state index >= 15 is 0 Å². The molecule has 1 aliphatic heterocycles. The predicted molar refractivity (Wildman–Crippen MR) is 81.5 cm³/mol. The Hall–Kier alpha value is -1.18. The zero-order valence-electron chi connectivity index (χ0n) is 11.6. The fourth-order valence-electron chi connectivity index (χ4n) is 2.77. The average molecular weight is 275 g/mol. The van der Waals surface area contributed by atoms with Crippen molar-refractivity contribution in [3.63, 3.8) is 0 Å². The van der Waals surface area contributed by atoms with Crippen LogP contribution in [0.15, 0.2) is 23.1 Å². The molecule has 2 rings (SSSR count). The molecule has 1 aromatic rings. The summed E-state index contributed by atoms with van der Waals surface area (Å²) < 4.78 is 0. The van der Waals surface area contributed by atoms with E-state index in [0.29, 0.717) is 5.92 Å². The first-order valence-corrected chi connectivity index (χ1v) is 7.80. The molecule has 1 heterocycles. The van der Waals surface area contributed by atoms with E-state index in [4.69, 9.17) is 5.73 Å². The Kier molecular flexibility index (Phi) is 4.73. The summed E-state index contributed by atoms with van der Waals surface area (Å²) >= 11 is 1.73. The first-order valence-electron chi connectivity index (χ1n) is 6.82. The van der Waals surface area contributed by atoms with Gasteiger partial charge in [0.2, 0.25) is 0 Å². The van der Waals surface area contributed by atoms with E-state index in [1.165, 1.54) is 0 Å². The number of thioether (sulfide) groups is 1. The van der Waals surface area contributed by atoms with Crippen molar-refractivity contribution >= 4 is 17.4 Å². The van der Waals surface area contributed by atoms with Crippen LogP contribution in [-0.2, 0) is 0 Å². The minimum atomic E-state index is 0.206. The van der Waals surface area contributed by atoms with Crippen molar-refractivity contribution < 1.29 is 0 Å². The number of piperidine rings is 1. The molecule has 4 heteroatoms. The number of nitrogens with zero attached hydrogens (tertiary/aromatic N) is 2. The van der Waals surface area contributed by atoms with Crippen LogP contribution in [0.3, 0.4) is 0 Å². The molecule has 0 amide bonds. The molecule has 19 heavy (non-hydrogen) atoms. The maximum Gasteiger partial charge on any atom is 0.103 e. The van der Waals surface area contributed by atoms with E-state index in [-0.39, 0.29) is 6.04 Å². The largest absolute Gasteiger partial charge is 0.369 e. The first kappa shape index (κ1) is 14.2. The molecule has 0 spiro atoms. The minimum absolute atomic E-state index is 0.206. The van der Waals surface area contributed by atoms with Crippen LogP contribution in [0.1, 0.15) is 25.8 Å². The van der Waals surface area contributed by atoms with Gasteiger partial charge in [-0.2, -0.15) is 5.26 Å². The predicted octanol–water partition coefficient (Wildman–Crippen LogP) is 2.84. The lowest BCUT2D eigenvalue weighted by molar-refractivity contribution is 0.401. The van der Waals surface area contributed by atoms with Crippen LogP contribution in [0.2, 0.25) is 0 Å². The van der Waals surface area contributed by atoms with Gasteiger partial charge in [-0.3, -0.25) is 0 Å². The Morgan fingerprint density at radius 2 is 2.26 bits per heavy atom. The van der Waals surface area contributed by atoms with Crippen molar-refractivity contribution in [1.29, 1.82) is 5.26 Å². The highest BCUT2D eigenvalue weighted by atomic mass is 32.2. The summed E-state index contributed by atoms with van der Waals surface area (Å²) in [5.74, 6) is 1.56. The molecule has 0 radical (unpaired) electrons. The van der Waals surface area contributed by atoms with Crippen molar-refractivity contribution in [2.45, 2.75) is 31.2 Å². The third-order valence-corrected chi connectivity index (χ3v) is 4.39. The van der Waals surface area contributed by atoms with E-state index in [9.17, 15) is 5.26 Å². The molecular weight excluding hydrogens is 254 g/mol. The molecule has 1 aliphatic rings. The lowest BCUT2D eigenvalue weighted by Gasteiger charge is -2.37. The van der Waals surface area contributed by atoms with Gasteiger partial charge in [-0.05, 0) is 30.2 Å². The van der Waals surface area contributed by atoms with Gasteiger partial charge >= 0.3 is 0 Å². The molecule has 102 valence electrons. The quantitative estimate of drug-likeness (QED) is 0.862. The molecule has 1 fully saturated rings. The molecular formula is C15H21N3S. The fourth-order valence-corrected chi connectivity index (χ4v) is 3.55. The van der Waals surface area contributed by atoms with E-state index < -0.39 is 0 Å². The van der Waals surface area contributed by atoms with Crippen LogP contribution in [0.5, 0.6) is 0 Å². The van der Waals surface area contributed by atoms with Crippen molar-refractivity contribution in [3.8, 4) is 6.07 Å². The summed E-state index contributed by atoms with van der Waals surface area (Å²) in [7, 11) is 0. The molecule has 1 saturated heterocycles. The molecule has 0 saturated carbocycles. The summed E-state index contributed by atoms with van der Waals surface area (Å²) in [6.07, 6.45) is 1.07. The van der Waals surface area contributed by atoms with Gasteiger partial charge in [0.1, 0.15) is 6.07 Å². The second kappa shape index (κ2) is 6.31. The average Bonchev–Trinajstić information content (AvgIpc) is 2.37. The highest BCUT2D eigenvalue weighted by Crippen LogP contribution is 2.32. The Morgan fingerprint density at radius 3 is 2.89 bits per heavy atom. The Labute approximate surface area is 119 Å². The summed E-state index contributed by atoms with van der Waals surface area (Å²) in [5, 5.41) is 9.47. The van der Waals surface area contributed by atoms with Gasteiger partial charge in [-0.25, -0.2) is 0 Å². The molecule has 0 aliphatic carbocycles. The summed E-state index contributed by atoms with van der Waals surface area (Å²) in [4.78, 5) is 3.35. The van der Waals surface area contributed by atoms with Crippen molar-refractivity contribution in [3.05, 3.63) is 23.8 Å². The van der Waals surface area contributed by atoms with Gasteiger partial charge in [0.05, 0.1) is 11.3 Å². The number of nitriles is 1. The van der Waals surface area contributed by atoms with Gasteiger partial charge in [0.25, 0.3) is 0 Å². The van der Waals surface area contributed by atoms with Gasteiger partial charge in [-0.1, -0.05) is 19.9 Å². The summed E-state index contributed by atoms with van der Waals surface area (Å²) in [5.41, 5.74) is 7.96. The van der Waals surface area contributed by atoms with Crippen LogP contribution in [0.25, 0.3) is 0 Å². The smallest absolute Gasteiger partial charge is 0.103 e. The molecule has 2 N–H and O–H groups in total. The maximum absolute atomic E-state index is 9.47. The van der Waals surface area contributed by atoms with Crippen molar-refractivity contribution in [2.24, 2.45) is 11.7 Å². The van der Waals surface area contributed by atoms with E-state index in [1.54, 1.807) is 11.8 Å². The van der Waals surface area contributed by atoms with E-state index in [0.717, 1.165) is 41.4 Å². The molecule has 0 aromatic heterocycles. The number of nitrogens with two attached hydrogens (primary N) is 1. The Morgan fingerprint density at radius 1 is 1.47 bits per heavy atom. The third kappa shape index (κ3) is 3.23. The number of hydrogen-bond acceptors (Lipinski definition) is 4. The summed E-state index contributed by atoms with van der Waals surface area (Å²) in [6, 6.07) is 8.70. The topological polar surface area (TPSA) is 53.0 Å². The third-order valence-electron chi connectivity index (χ3n) is 3.45. The zero-order chi connectivity index (χ0) is 13.8. The highest BCUT2D eigenvalue weighted by Gasteiger charge is 2.24. The zero-order valence-corrected chi connectivity index (χ0v) is 12.4. The molecule has 1 aromatic carbocycles. The van der Waals surface area contributed by atoms with Crippen molar-refractivity contribution in [2.75, 3.05) is 23.7 Å². The number of hydrogen-bond donors (Lipinski definition) is 1. The Bertz CT molecular complexity index is 471. The van der Waals surface area contributed by atoms with Crippen LogP contribution in [-0.4, -0.2) is 24.9 Å². The van der Waals surface area contributed by atoms with Gasteiger partial charge in [0, 0.05) is 24.0 Å².